The van der Waals surface area contributed by atoms with E-state index in [2.05, 4.69) is 5.32 Å². The molecule has 0 saturated heterocycles. The van der Waals surface area contributed by atoms with Crippen molar-refractivity contribution in [1.82, 2.24) is 0 Å². The van der Waals surface area contributed by atoms with Crippen LogP contribution in [0.4, 0.5) is 5.69 Å². The average Bonchev–Trinajstić information content (AvgIpc) is 2.47. The quantitative estimate of drug-likeness (QED) is 0.665. The lowest BCUT2D eigenvalue weighted by atomic mass is 10.2. The van der Waals surface area contributed by atoms with E-state index in [1.165, 1.54) is 0 Å². The number of nitrogens with one attached hydrogen (secondary N) is 1. The van der Waals surface area contributed by atoms with Gasteiger partial charge in [-0.3, -0.25) is 0 Å². The lowest BCUT2D eigenvalue weighted by Crippen LogP contribution is -2.04. The van der Waals surface area contributed by atoms with Crippen LogP contribution in [0.15, 0.2) is 60.7 Å². The predicted octanol–water partition coefficient (Wildman–Crippen LogP) is 4.15. The van der Waals surface area contributed by atoms with E-state index < -0.39 is 0 Å². The summed E-state index contributed by atoms with van der Waals surface area (Å²) in [6, 6.07) is 17.7. The van der Waals surface area contributed by atoms with Crippen LogP contribution < -0.4 is 10.1 Å². The Labute approximate surface area is 118 Å². The molecule has 0 amide bonds. The van der Waals surface area contributed by atoms with Crippen molar-refractivity contribution in [3.63, 3.8) is 0 Å². The van der Waals surface area contributed by atoms with Crippen molar-refractivity contribution in [2.24, 2.45) is 0 Å². The third-order valence-electron chi connectivity index (χ3n) is 2.58. The molecule has 19 heavy (non-hydrogen) atoms. The molecule has 2 nitrogen and oxygen atoms in total. The second kappa shape index (κ2) is 6.71. The molecule has 0 heterocycles. The SMILES string of the molecule is COc1ccc(NC(=S)/C=C/c2ccccc2)cc1. The fourth-order valence-electron chi connectivity index (χ4n) is 1.59. The summed E-state index contributed by atoms with van der Waals surface area (Å²) in [6.45, 7) is 0. The van der Waals surface area contributed by atoms with Gasteiger partial charge in [0, 0.05) is 5.69 Å². The smallest absolute Gasteiger partial charge is 0.119 e. The van der Waals surface area contributed by atoms with Gasteiger partial charge in [-0.25, -0.2) is 0 Å². The zero-order chi connectivity index (χ0) is 13.5. The summed E-state index contributed by atoms with van der Waals surface area (Å²) in [5.41, 5.74) is 2.07. The van der Waals surface area contributed by atoms with Crippen LogP contribution in [0, 0.1) is 0 Å². The lowest BCUT2D eigenvalue weighted by Gasteiger charge is -2.05. The molecule has 2 aromatic rings. The minimum atomic E-state index is 0.675. The van der Waals surface area contributed by atoms with E-state index in [0.29, 0.717) is 4.99 Å². The van der Waals surface area contributed by atoms with Crippen LogP contribution in [0.2, 0.25) is 0 Å². The van der Waals surface area contributed by atoms with Gasteiger partial charge in [0.05, 0.1) is 7.11 Å². The average molecular weight is 269 g/mol. The lowest BCUT2D eigenvalue weighted by molar-refractivity contribution is 0.415. The molecule has 0 aliphatic rings. The molecule has 3 heteroatoms. The molecular formula is C16H15NOS. The van der Waals surface area contributed by atoms with Gasteiger partial charge in [-0.2, -0.15) is 0 Å². The molecule has 0 unspecified atom stereocenters. The number of benzene rings is 2. The number of anilines is 1. The molecule has 0 bridgehead atoms. The van der Waals surface area contributed by atoms with Crippen molar-refractivity contribution >= 4 is 29.0 Å². The molecule has 0 saturated carbocycles. The standard InChI is InChI=1S/C16H15NOS/c1-18-15-10-8-14(9-11-15)17-16(19)12-7-13-5-3-2-4-6-13/h2-12H,1H3,(H,17,19)/b12-7+. The number of rotatable bonds is 4. The Bertz CT molecular complexity index is 561. The Morgan fingerprint density at radius 3 is 2.37 bits per heavy atom. The van der Waals surface area contributed by atoms with Gasteiger partial charge in [-0.15, -0.1) is 0 Å². The minimum Gasteiger partial charge on any atom is -0.497 e. The fourth-order valence-corrected chi connectivity index (χ4v) is 1.78. The van der Waals surface area contributed by atoms with E-state index in [1.54, 1.807) is 7.11 Å². The van der Waals surface area contributed by atoms with Crippen molar-refractivity contribution in [3.8, 4) is 5.75 Å². The molecule has 0 aromatic heterocycles. The Morgan fingerprint density at radius 1 is 1.05 bits per heavy atom. The summed E-state index contributed by atoms with van der Waals surface area (Å²) < 4.78 is 5.10. The Hall–Kier alpha value is -2.13. The van der Waals surface area contributed by atoms with Crippen molar-refractivity contribution in [2.75, 3.05) is 12.4 Å². The second-order valence-electron chi connectivity index (χ2n) is 3.96. The topological polar surface area (TPSA) is 21.3 Å². The first-order valence-corrected chi connectivity index (χ1v) is 6.37. The summed E-state index contributed by atoms with van der Waals surface area (Å²) >= 11 is 5.27. The van der Waals surface area contributed by atoms with Gasteiger partial charge in [0.25, 0.3) is 0 Å². The first-order chi connectivity index (χ1) is 9.28. The van der Waals surface area contributed by atoms with Gasteiger partial charge >= 0.3 is 0 Å². The summed E-state index contributed by atoms with van der Waals surface area (Å²) in [7, 11) is 1.65. The monoisotopic (exact) mass is 269 g/mol. The fraction of sp³-hybridized carbons (Fsp3) is 0.0625. The Morgan fingerprint density at radius 2 is 1.74 bits per heavy atom. The van der Waals surface area contributed by atoms with E-state index in [-0.39, 0.29) is 0 Å². The molecule has 0 aliphatic heterocycles. The second-order valence-corrected chi connectivity index (χ2v) is 4.40. The zero-order valence-corrected chi connectivity index (χ0v) is 11.5. The van der Waals surface area contributed by atoms with Gasteiger partial charge in [-0.05, 0) is 35.9 Å². The van der Waals surface area contributed by atoms with E-state index in [9.17, 15) is 0 Å². The summed E-state index contributed by atoms with van der Waals surface area (Å²) in [5, 5.41) is 3.15. The number of hydrogen-bond donors (Lipinski definition) is 1. The highest BCUT2D eigenvalue weighted by Gasteiger charge is 1.95. The number of hydrogen-bond acceptors (Lipinski definition) is 2. The molecule has 2 aromatic carbocycles. The molecule has 2 rings (SSSR count). The summed E-state index contributed by atoms with van der Waals surface area (Å²) in [6.07, 6.45) is 3.87. The van der Waals surface area contributed by atoms with Crippen LogP contribution in [-0.4, -0.2) is 12.1 Å². The van der Waals surface area contributed by atoms with Crippen LogP contribution in [0.3, 0.4) is 0 Å². The Balaban J connectivity index is 1.95. The van der Waals surface area contributed by atoms with Gasteiger partial charge in [0.15, 0.2) is 0 Å². The van der Waals surface area contributed by atoms with E-state index in [0.717, 1.165) is 17.0 Å². The summed E-state index contributed by atoms with van der Waals surface area (Å²) in [4.78, 5) is 0.675. The molecular weight excluding hydrogens is 254 g/mol. The Kier molecular flexibility index (Phi) is 4.70. The first kappa shape index (κ1) is 13.3. The molecule has 0 radical (unpaired) electrons. The van der Waals surface area contributed by atoms with Crippen molar-refractivity contribution < 1.29 is 4.74 Å². The molecule has 0 spiro atoms. The predicted molar refractivity (Wildman–Crippen MR) is 84.7 cm³/mol. The highest BCUT2D eigenvalue weighted by Crippen LogP contribution is 2.15. The van der Waals surface area contributed by atoms with Crippen LogP contribution in [0.25, 0.3) is 6.08 Å². The first-order valence-electron chi connectivity index (χ1n) is 5.96. The van der Waals surface area contributed by atoms with Gasteiger partial charge in [-0.1, -0.05) is 48.6 Å². The minimum absolute atomic E-state index is 0.675. The molecule has 1 N–H and O–H groups in total. The van der Waals surface area contributed by atoms with Gasteiger partial charge in [0.1, 0.15) is 10.7 Å². The highest BCUT2D eigenvalue weighted by molar-refractivity contribution is 7.81. The third-order valence-corrected chi connectivity index (χ3v) is 2.82. The van der Waals surface area contributed by atoms with Crippen LogP contribution in [0.5, 0.6) is 5.75 Å². The van der Waals surface area contributed by atoms with Crippen molar-refractivity contribution in [1.29, 1.82) is 0 Å². The number of methoxy groups -OCH3 is 1. The number of ether oxygens (including phenoxy) is 1. The summed E-state index contributed by atoms with van der Waals surface area (Å²) in [5.74, 6) is 0.830. The van der Waals surface area contributed by atoms with Crippen LogP contribution in [-0.2, 0) is 0 Å². The largest absolute Gasteiger partial charge is 0.497 e. The third kappa shape index (κ3) is 4.23. The van der Waals surface area contributed by atoms with E-state index in [4.69, 9.17) is 17.0 Å². The van der Waals surface area contributed by atoms with Crippen LogP contribution in [0.1, 0.15) is 5.56 Å². The van der Waals surface area contributed by atoms with Crippen molar-refractivity contribution in [3.05, 3.63) is 66.2 Å². The molecule has 0 atom stereocenters. The zero-order valence-electron chi connectivity index (χ0n) is 10.7. The molecule has 96 valence electrons. The number of thiocarbonyl (C=S) groups is 1. The van der Waals surface area contributed by atoms with E-state index >= 15 is 0 Å². The maximum Gasteiger partial charge on any atom is 0.119 e. The molecule has 0 fully saturated rings. The van der Waals surface area contributed by atoms with Crippen LogP contribution >= 0.6 is 12.2 Å². The highest BCUT2D eigenvalue weighted by atomic mass is 32.1. The van der Waals surface area contributed by atoms with Gasteiger partial charge < -0.3 is 10.1 Å². The van der Waals surface area contributed by atoms with Crippen molar-refractivity contribution in [2.45, 2.75) is 0 Å². The normalized spacial score (nSPS) is 10.4. The van der Waals surface area contributed by atoms with Gasteiger partial charge in [0.2, 0.25) is 0 Å². The molecule has 0 aliphatic carbocycles. The maximum atomic E-state index is 5.27. The maximum absolute atomic E-state index is 5.27. The van der Waals surface area contributed by atoms with E-state index in [1.807, 2.05) is 66.7 Å².